The molecule has 0 radical (unpaired) electrons. The number of hydrogen-bond acceptors (Lipinski definition) is 7. The zero-order valence-corrected chi connectivity index (χ0v) is 22.1. The van der Waals surface area contributed by atoms with Gasteiger partial charge in [-0.05, 0) is 70.8 Å². The maximum Gasteiger partial charge on any atom is 0.253 e. The molecule has 1 fully saturated rings. The lowest BCUT2D eigenvalue weighted by Crippen LogP contribution is -2.35. The van der Waals surface area contributed by atoms with Gasteiger partial charge in [-0.2, -0.15) is 0 Å². The van der Waals surface area contributed by atoms with E-state index in [4.69, 9.17) is 4.74 Å². The molecule has 8 nitrogen and oxygen atoms in total. The van der Waals surface area contributed by atoms with E-state index in [1.807, 2.05) is 41.1 Å². The number of benzene rings is 2. The van der Waals surface area contributed by atoms with Gasteiger partial charge >= 0.3 is 0 Å². The maximum absolute atomic E-state index is 13.7. The number of H-pyrrole nitrogens is 1. The molecule has 1 N–H and O–H groups in total. The SMILES string of the molecule is Cc1ccc2[nH]c(=O)c(C(c3nnnn3CC3CCCO3)N(Cc3ccccc3)Cc3cccs3)cc2c1. The first kappa shape index (κ1) is 24.7. The third kappa shape index (κ3) is 5.31. The monoisotopic (exact) mass is 526 g/mol. The average Bonchev–Trinajstić information content (AvgIpc) is 3.70. The van der Waals surface area contributed by atoms with E-state index in [1.165, 1.54) is 4.88 Å². The van der Waals surface area contributed by atoms with Crippen molar-refractivity contribution in [2.75, 3.05) is 6.61 Å². The van der Waals surface area contributed by atoms with E-state index in [0.717, 1.165) is 41.5 Å². The van der Waals surface area contributed by atoms with E-state index in [2.05, 4.69) is 68.0 Å². The van der Waals surface area contributed by atoms with Gasteiger partial charge in [0, 0.05) is 35.7 Å². The lowest BCUT2D eigenvalue weighted by atomic mass is 10.0. The molecule has 2 atom stereocenters. The number of ether oxygens (including phenoxy) is 1. The molecule has 0 amide bonds. The smallest absolute Gasteiger partial charge is 0.253 e. The van der Waals surface area contributed by atoms with Crippen LogP contribution in [-0.2, 0) is 24.4 Å². The second-order valence-electron chi connectivity index (χ2n) is 9.87. The van der Waals surface area contributed by atoms with E-state index < -0.39 is 6.04 Å². The fourth-order valence-electron chi connectivity index (χ4n) is 5.22. The van der Waals surface area contributed by atoms with Gasteiger partial charge in [0.05, 0.1) is 12.6 Å². The molecular weight excluding hydrogens is 496 g/mol. The summed E-state index contributed by atoms with van der Waals surface area (Å²) >= 11 is 1.70. The third-order valence-electron chi connectivity index (χ3n) is 7.06. The van der Waals surface area contributed by atoms with Crippen molar-refractivity contribution in [2.24, 2.45) is 0 Å². The summed E-state index contributed by atoms with van der Waals surface area (Å²) in [5, 5.41) is 16.0. The van der Waals surface area contributed by atoms with E-state index in [-0.39, 0.29) is 11.7 Å². The van der Waals surface area contributed by atoms with Gasteiger partial charge in [0.1, 0.15) is 6.04 Å². The predicted octanol–water partition coefficient (Wildman–Crippen LogP) is 4.86. The molecule has 2 aromatic carbocycles. The van der Waals surface area contributed by atoms with Crippen LogP contribution in [-0.4, -0.2) is 42.8 Å². The summed E-state index contributed by atoms with van der Waals surface area (Å²) in [7, 11) is 0. The quantitative estimate of drug-likeness (QED) is 0.295. The lowest BCUT2D eigenvalue weighted by Gasteiger charge is -2.31. The van der Waals surface area contributed by atoms with Crippen LogP contribution in [0.25, 0.3) is 10.9 Å². The molecule has 1 saturated heterocycles. The van der Waals surface area contributed by atoms with Crippen molar-refractivity contribution in [3.63, 3.8) is 0 Å². The summed E-state index contributed by atoms with van der Waals surface area (Å²) in [5.41, 5.74) is 3.59. The highest BCUT2D eigenvalue weighted by Crippen LogP contribution is 2.31. The molecule has 2 unspecified atom stereocenters. The molecule has 1 aliphatic heterocycles. The number of hydrogen-bond donors (Lipinski definition) is 1. The van der Waals surface area contributed by atoms with Crippen LogP contribution in [0.4, 0.5) is 0 Å². The van der Waals surface area contributed by atoms with Gasteiger partial charge in [0.25, 0.3) is 5.56 Å². The number of aromatic nitrogens is 5. The number of thiophene rings is 1. The standard InChI is InChI=1S/C29H30N6O2S/c1-20-11-12-26-22(15-20)16-25(29(36)30-26)27(28-31-32-33-35(28)18-23-9-5-13-37-23)34(19-24-10-6-14-38-24)17-21-7-3-2-4-8-21/h2-4,6-8,10-12,14-16,23,27H,5,9,13,17-19H2,1H3,(H,30,36). The van der Waals surface area contributed by atoms with Crippen LogP contribution >= 0.6 is 11.3 Å². The van der Waals surface area contributed by atoms with Gasteiger partial charge in [-0.15, -0.1) is 16.4 Å². The molecule has 0 aliphatic carbocycles. The molecule has 194 valence electrons. The molecule has 0 spiro atoms. The Hall–Kier alpha value is -3.66. The van der Waals surface area contributed by atoms with Gasteiger partial charge in [0.15, 0.2) is 5.82 Å². The zero-order chi connectivity index (χ0) is 25.9. The Labute approximate surface area is 224 Å². The maximum atomic E-state index is 13.7. The van der Waals surface area contributed by atoms with Crippen molar-refractivity contribution < 1.29 is 4.74 Å². The fraction of sp³-hybridized carbons (Fsp3) is 0.310. The van der Waals surface area contributed by atoms with Crippen molar-refractivity contribution in [2.45, 2.75) is 51.5 Å². The van der Waals surface area contributed by atoms with E-state index in [9.17, 15) is 4.79 Å². The molecule has 4 heterocycles. The minimum Gasteiger partial charge on any atom is -0.376 e. The molecule has 38 heavy (non-hydrogen) atoms. The number of rotatable bonds is 9. The summed E-state index contributed by atoms with van der Waals surface area (Å²) in [4.78, 5) is 20.3. The highest BCUT2D eigenvalue weighted by atomic mass is 32.1. The zero-order valence-electron chi connectivity index (χ0n) is 21.3. The van der Waals surface area contributed by atoms with E-state index >= 15 is 0 Å². The normalized spacial score (nSPS) is 16.4. The summed E-state index contributed by atoms with van der Waals surface area (Å²) in [6, 6.07) is 22.1. The number of aromatic amines is 1. The highest BCUT2D eigenvalue weighted by Gasteiger charge is 2.32. The average molecular weight is 527 g/mol. The van der Waals surface area contributed by atoms with Crippen molar-refractivity contribution in [1.29, 1.82) is 0 Å². The summed E-state index contributed by atoms with van der Waals surface area (Å²) in [5.74, 6) is 0.644. The van der Waals surface area contributed by atoms with Crippen LogP contribution in [0.3, 0.4) is 0 Å². The second kappa shape index (κ2) is 11.0. The van der Waals surface area contributed by atoms with Crippen LogP contribution < -0.4 is 5.56 Å². The number of nitrogens with one attached hydrogen (secondary N) is 1. The van der Waals surface area contributed by atoms with Gasteiger partial charge in [-0.1, -0.05) is 48.0 Å². The Balaban J connectivity index is 1.50. The number of pyridine rings is 1. The van der Waals surface area contributed by atoms with Crippen molar-refractivity contribution >= 4 is 22.2 Å². The predicted molar refractivity (Wildman–Crippen MR) is 148 cm³/mol. The lowest BCUT2D eigenvalue weighted by molar-refractivity contribution is 0.0904. The first-order chi connectivity index (χ1) is 18.6. The Bertz CT molecular complexity index is 1560. The summed E-state index contributed by atoms with van der Waals surface area (Å²) in [6.07, 6.45) is 2.08. The van der Waals surface area contributed by atoms with Crippen LogP contribution in [0.5, 0.6) is 0 Å². The molecule has 3 aromatic heterocycles. The minimum atomic E-state index is -0.470. The van der Waals surface area contributed by atoms with Crippen molar-refractivity contribution in [1.82, 2.24) is 30.1 Å². The topological polar surface area (TPSA) is 88.9 Å². The molecule has 0 saturated carbocycles. The van der Waals surface area contributed by atoms with Crippen LogP contribution in [0.15, 0.2) is 76.9 Å². The molecule has 5 aromatic rings. The molecule has 0 bridgehead atoms. The van der Waals surface area contributed by atoms with Crippen LogP contribution in [0.1, 0.15) is 46.3 Å². The Morgan fingerprint density at radius 2 is 2.03 bits per heavy atom. The first-order valence-corrected chi connectivity index (χ1v) is 13.8. The summed E-state index contributed by atoms with van der Waals surface area (Å²) in [6.45, 7) is 4.65. The highest BCUT2D eigenvalue weighted by molar-refractivity contribution is 7.09. The fourth-order valence-corrected chi connectivity index (χ4v) is 5.95. The minimum absolute atomic E-state index is 0.0651. The molecule has 1 aliphatic rings. The van der Waals surface area contributed by atoms with Gasteiger partial charge in [-0.25, -0.2) is 4.68 Å². The molecular formula is C29H30N6O2S. The molecule has 6 rings (SSSR count). The van der Waals surface area contributed by atoms with Gasteiger partial charge in [-0.3, -0.25) is 9.69 Å². The van der Waals surface area contributed by atoms with E-state index in [1.54, 1.807) is 11.3 Å². The Kier molecular flexibility index (Phi) is 7.13. The van der Waals surface area contributed by atoms with Crippen LogP contribution in [0.2, 0.25) is 0 Å². The largest absolute Gasteiger partial charge is 0.376 e. The Morgan fingerprint density at radius 1 is 1.13 bits per heavy atom. The van der Waals surface area contributed by atoms with Gasteiger partial charge < -0.3 is 9.72 Å². The summed E-state index contributed by atoms with van der Waals surface area (Å²) < 4.78 is 7.73. The van der Waals surface area contributed by atoms with Crippen molar-refractivity contribution in [3.05, 3.63) is 110 Å². The Morgan fingerprint density at radius 3 is 2.82 bits per heavy atom. The molecule has 9 heteroatoms. The number of tetrazole rings is 1. The first-order valence-electron chi connectivity index (χ1n) is 13.0. The van der Waals surface area contributed by atoms with Crippen molar-refractivity contribution in [3.8, 4) is 0 Å². The number of fused-ring (bicyclic) bond motifs is 1. The number of nitrogens with zero attached hydrogens (tertiary/aromatic N) is 5. The van der Waals surface area contributed by atoms with Gasteiger partial charge in [0.2, 0.25) is 0 Å². The number of aryl methyl sites for hydroxylation is 1. The second-order valence-corrected chi connectivity index (χ2v) is 10.9. The third-order valence-corrected chi connectivity index (χ3v) is 7.92. The van der Waals surface area contributed by atoms with Crippen LogP contribution in [0, 0.1) is 6.92 Å². The van der Waals surface area contributed by atoms with E-state index in [0.29, 0.717) is 31.0 Å².